The van der Waals surface area contributed by atoms with E-state index in [-0.39, 0.29) is 24.2 Å². The Balaban J connectivity index is 2.29. The van der Waals surface area contributed by atoms with Crippen LogP contribution < -0.4 is 16.3 Å². The molecule has 0 saturated carbocycles. The monoisotopic (exact) mass is 335 g/mol. The molecule has 0 atom stereocenters. The highest BCUT2D eigenvalue weighted by Gasteiger charge is 2.27. The van der Waals surface area contributed by atoms with Crippen molar-refractivity contribution in [3.63, 3.8) is 0 Å². The molecule has 23 heavy (non-hydrogen) atoms. The average molecular weight is 336 g/mol. The van der Waals surface area contributed by atoms with Crippen LogP contribution in [0, 0.1) is 0 Å². The second-order valence-corrected chi connectivity index (χ2v) is 5.31. The van der Waals surface area contributed by atoms with Gasteiger partial charge >= 0.3 is 11.7 Å². The van der Waals surface area contributed by atoms with E-state index in [1.807, 2.05) is 0 Å². The van der Waals surface area contributed by atoms with Crippen molar-refractivity contribution in [2.75, 3.05) is 0 Å². The number of nitrogens with zero attached hydrogens (tertiary/aromatic N) is 2. The van der Waals surface area contributed by atoms with E-state index in [1.165, 1.54) is 6.07 Å². The number of aliphatic carboxylic acids is 1. The molecule has 2 aromatic rings. The summed E-state index contributed by atoms with van der Waals surface area (Å²) in [5.41, 5.74) is -0.802. The molecule has 3 rings (SSSR count). The number of halogens is 1. The number of rotatable bonds is 4. The van der Waals surface area contributed by atoms with Crippen LogP contribution in [0.15, 0.2) is 28.0 Å². The van der Waals surface area contributed by atoms with Crippen LogP contribution in [0.5, 0.6) is 5.88 Å². The van der Waals surface area contributed by atoms with Gasteiger partial charge in [-0.2, -0.15) is 0 Å². The minimum Gasteiger partial charge on any atom is -0.493 e. The number of imidazole rings is 1. The van der Waals surface area contributed by atoms with E-state index in [4.69, 9.17) is 16.7 Å². The van der Waals surface area contributed by atoms with Crippen molar-refractivity contribution >= 4 is 29.1 Å². The molecule has 1 aromatic carbocycles. The molecular weight excluding hydrogens is 326 g/mol. The highest BCUT2D eigenvalue weighted by atomic mass is 35.5. The number of hydrogen-bond donors (Lipinski definition) is 3. The van der Waals surface area contributed by atoms with Gasteiger partial charge in [0.2, 0.25) is 5.88 Å². The van der Waals surface area contributed by atoms with Crippen LogP contribution in [-0.4, -0.2) is 31.6 Å². The zero-order chi connectivity index (χ0) is 16.7. The van der Waals surface area contributed by atoms with E-state index in [1.54, 1.807) is 12.1 Å². The molecule has 2 heterocycles. The summed E-state index contributed by atoms with van der Waals surface area (Å²) >= 11 is 5.93. The number of aromatic nitrogens is 2. The number of benzene rings is 1. The van der Waals surface area contributed by atoms with Crippen molar-refractivity contribution in [3.8, 4) is 5.88 Å². The molecule has 1 amide bonds. The number of nitrogens with one attached hydrogen (secondary N) is 1. The van der Waals surface area contributed by atoms with Gasteiger partial charge in [0, 0.05) is 16.8 Å². The first-order valence-corrected chi connectivity index (χ1v) is 6.93. The number of amides is 1. The largest absolute Gasteiger partial charge is 0.493 e. The maximum absolute atomic E-state index is 12.2. The van der Waals surface area contributed by atoms with Gasteiger partial charge in [0.15, 0.2) is 0 Å². The fourth-order valence-corrected chi connectivity index (χ4v) is 2.62. The summed E-state index contributed by atoms with van der Waals surface area (Å²) in [5, 5.41) is 19.9. The van der Waals surface area contributed by atoms with E-state index < -0.39 is 23.4 Å². The third kappa shape index (κ3) is 2.53. The van der Waals surface area contributed by atoms with Gasteiger partial charge in [0.25, 0.3) is 5.91 Å². The lowest BCUT2D eigenvalue weighted by molar-refractivity contribution is -0.137. The molecule has 1 aliphatic heterocycles. The summed E-state index contributed by atoms with van der Waals surface area (Å²) in [7, 11) is 0. The first-order chi connectivity index (χ1) is 10.9. The Kier molecular flexibility index (Phi) is 3.53. The third-order valence-corrected chi connectivity index (χ3v) is 3.65. The minimum absolute atomic E-state index is 0.00346. The smallest absolute Gasteiger partial charge is 0.328 e. The maximum atomic E-state index is 12.2. The number of carboxylic acids is 1. The van der Waals surface area contributed by atoms with E-state index >= 15 is 0 Å². The lowest BCUT2D eigenvalue weighted by Crippen LogP contribution is -2.26. The van der Waals surface area contributed by atoms with Gasteiger partial charge in [0.05, 0.1) is 17.4 Å². The highest BCUT2D eigenvalue weighted by Crippen LogP contribution is 2.22. The van der Waals surface area contributed by atoms with Crippen LogP contribution in [0.4, 0.5) is 0 Å². The molecule has 8 nitrogen and oxygen atoms in total. The zero-order valence-corrected chi connectivity index (χ0v) is 12.3. The summed E-state index contributed by atoms with van der Waals surface area (Å²) in [6.45, 7) is -0.201. The van der Waals surface area contributed by atoms with Crippen LogP contribution in [0.25, 0.3) is 5.57 Å². The Morgan fingerprint density at radius 2 is 2.09 bits per heavy atom. The Morgan fingerprint density at radius 1 is 1.35 bits per heavy atom. The lowest BCUT2D eigenvalue weighted by Gasteiger charge is -2.06. The van der Waals surface area contributed by atoms with Crippen LogP contribution >= 0.6 is 11.6 Å². The molecule has 0 bridgehead atoms. The number of H-pyrrole nitrogens is 1. The third-order valence-electron chi connectivity index (χ3n) is 3.41. The Morgan fingerprint density at radius 3 is 2.78 bits per heavy atom. The first-order valence-electron chi connectivity index (χ1n) is 6.55. The minimum atomic E-state index is -1.11. The number of carboxylic acid groups (broad SMARTS) is 1. The fraction of sp³-hybridized carbons (Fsp3) is 0.143. The Labute approximate surface area is 133 Å². The second-order valence-electron chi connectivity index (χ2n) is 4.88. The van der Waals surface area contributed by atoms with Gasteiger partial charge in [-0.05, 0) is 18.2 Å². The fourth-order valence-electron chi connectivity index (χ4n) is 2.45. The van der Waals surface area contributed by atoms with Crippen molar-refractivity contribution in [2.24, 2.45) is 4.99 Å². The van der Waals surface area contributed by atoms with Crippen molar-refractivity contribution in [1.82, 2.24) is 9.55 Å². The second kappa shape index (κ2) is 5.40. The molecule has 9 heteroatoms. The molecule has 0 fully saturated rings. The number of carbonyl (C=O) groups is 2. The highest BCUT2D eigenvalue weighted by molar-refractivity contribution is 6.30. The predicted octanol–water partition coefficient (Wildman–Crippen LogP) is -0.631. The molecule has 0 aliphatic carbocycles. The number of carbonyl (C=O) groups excluding carboxylic acids is 1. The van der Waals surface area contributed by atoms with Crippen LogP contribution in [0.3, 0.4) is 0 Å². The normalized spacial score (nSPS) is 13.1. The molecule has 0 unspecified atom stereocenters. The summed E-state index contributed by atoms with van der Waals surface area (Å²) in [4.78, 5) is 40.8. The van der Waals surface area contributed by atoms with Gasteiger partial charge in [-0.3, -0.25) is 19.1 Å². The van der Waals surface area contributed by atoms with Crippen molar-refractivity contribution in [3.05, 3.63) is 50.0 Å². The van der Waals surface area contributed by atoms with Gasteiger partial charge in [-0.15, -0.1) is 0 Å². The Hall–Kier alpha value is -2.87. The standard InChI is InChI=1S/C14H10ClN3O5/c15-6-1-2-8-7(5-6)10(12(21)16-8)11-13(22)17-14(23)18(11)4-3-9(19)20/h1-2,5,22H,3-4H2,(H,17,23)(H,19,20). The molecule has 0 radical (unpaired) electrons. The van der Waals surface area contributed by atoms with Crippen LogP contribution in [0.2, 0.25) is 5.02 Å². The topological polar surface area (TPSA) is 125 Å². The molecular formula is C14H10ClN3O5. The summed E-state index contributed by atoms with van der Waals surface area (Å²) < 4.78 is 1.00. The molecule has 1 aromatic heterocycles. The zero-order valence-electron chi connectivity index (χ0n) is 11.5. The van der Waals surface area contributed by atoms with Gasteiger partial charge in [0.1, 0.15) is 5.69 Å². The Bertz CT molecular complexity index is 1020. The predicted molar refractivity (Wildman–Crippen MR) is 78.7 cm³/mol. The van der Waals surface area contributed by atoms with Crippen molar-refractivity contribution in [1.29, 1.82) is 0 Å². The van der Waals surface area contributed by atoms with Crippen molar-refractivity contribution < 1.29 is 19.8 Å². The van der Waals surface area contributed by atoms with Gasteiger partial charge < -0.3 is 10.2 Å². The quantitative estimate of drug-likeness (QED) is 0.686. The van der Waals surface area contributed by atoms with Gasteiger partial charge in [-0.25, -0.2) is 9.79 Å². The maximum Gasteiger partial charge on any atom is 0.328 e. The summed E-state index contributed by atoms with van der Waals surface area (Å²) in [6, 6.07) is 4.61. The lowest BCUT2D eigenvalue weighted by atomic mass is 10.1. The molecule has 118 valence electrons. The average Bonchev–Trinajstić information content (AvgIpc) is 2.92. The molecule has 0 spiro atoms. The summed E-state index contributed by atoms with van der Waals surface area (Å²) in [5.74, 6) is -2.27. The van der Waals surface area contributed by atoms with E-state index in [0.717, 1.165) is 4.57 Å². The number of aromatic amines is 1. The van der Waals surface area contributed by atoms with Crippen molar-refractivity contribution in [2.45, 2.75) is 13.0 Å². The summed E-state index contributed by atoms with van der Waals surface area (Å²) in [6.07, 6.45) is -0.342. The van der Waals surface area contributed by atoms with E-state index in [2.05, 4.69) is 9.98 Å². The molecule has 1 aliphatic rings. The number of aromatic hydroxyl groups is 1. The first kappa shape index (κ1) is 15.0. The van der Waals surface area contributed by atoms with Crippen LogP contribution in [-0.2, 0) is 16.1 Å². The number of fused-ring (bicyclic) bond motifs is 1. The van der Waals surface area contributed by atoms with Crippen LogP contribution in [0.1, 0.15) is 12.1 Å². The number of hydrogen-bond acceptors (Lipinski definition) is 4. The van der Waals surface area contributed by atoms with E-state index in [0.29, 0.717) is 15.6 Å². The SMILES string of the molecule is O=C(O)CCn1c(C2=c3cc(Cl)ccc3=NC2=O)c(O)[nH]c1=O. The van der Waals surface area contributed by atoms with Gasteiger partial charge in [-0.1, -0.05) is 11.6 Å². The molecule has 0 saturated heterocycles. The van der Waals surface area contributed by atoms with E-state index in [9.17, 15) is 19.5 Å². The molecule has 3 N–H and O–H groups in total.